The van der Waals surface area contributed by atoms with Gasteiger partial charge in [-0.25, -0.2) is 4.98 Å². The molecule has 1 N–H and O–H groups in total. The highest BCUT2D eigenvalue weighted by Crippen LogP contribution is 2.25. The van der Waals surface area contributed by atoms with E-state index in [0.717, 1.165) is 20.6 Å². The highest BCUT2D eigenvalue weighted by molar-refractivity contribution is 9.10. The van der Waals surface area contributed by atoms with Gasteiger partial charge in [0.2, 0.25) is 0 Å². The zero-order valence-electron chi connectivity index (χ0n) is 12.7. The summed E-state index contributed by atoms with van der Waals surface area (Å²) in [6.07, 6.45) is 3.62. The molecule has 0 spiro atoms. The van der Waals surface area contributed by atoms with Crippen molar-refractivity contribution in [2.24, 2.45) is 7.05 Å². The van der Waals surface area contributed by atoms with Crippen LogP contribution in [-0.2, 0) is 7.05 Å². The first-order valence-electron chi connectivity index (χ1n) is 7.04. The number of carbonyl (C=O) groups excluding carboxylic acids is 1. The lowest BCUT2D eigenvalue weighted by atomic mass is 10.1. The standard InChI is InChI=1S/C16H15BrN4OS/c1-10(12-5-3-4-6-13(12)17)19-15(22)14-9-23-16(20-14)11-7-18-21(2)8-11/h3-10H,1-2H3,(H,19,22)/t10-/m1/s1. The van der Waals surface area contributed by atoms with Crippen LogP contribution in [0.4, 0.5) is 0 Å². The number of aromatic nitrogens is 3. The van der Waals surface area contributed by atoms with E-state index in [1.54, 1.807) is 16.3 Å². The highest BCUT2D eigenvalue weighted by Gasteiger charge is 2.16. The lowest BCUT2D eigenvalue weighted by Gasteiger charge is -2.14. The van der Waals surface area contributed by atoms with Crippen LogP contribution in [0.1, 0.15) is 29.0 Å². The van der Waals surface area contributed by atoms with E-state index in [4.69, 9.17) is 0 Å². The van der Waals surface area contributed by atoms with Gasteiger partial charge in [-0.3, -0.25) is 9.48 Å². The van der Waals surface area contributed by atoms with Crippen molar-refractivity contribution in [2.75, 3.05) is 0 Å². The van der Waals surface area contributed by atoms with E-state index in [1.807, 2.05) is 44.4 Å². The number of nitrogens with one attached hydrogen (secondary N) is 1. The van der Waals surface area contributed by atoms with Gasteiger partial charge in [0, 0.05) is 28.7 Å². The van der Waals surface area contributed by atoms with Gasteiger partial charge < -0.3 is 5.32 Å². The van der Waals surface area contributed by atoms with E-state index < -0.39 is 0 Å². The molecule has 3 rings (SSSR count). The summed E-state index contributed by atoms with van der Waals surface area (Å²) in [6, 6.07) is 7.73. The van der Waals surface area contributed by atoms with Crippen LogP contribution < -0.4 is 5.32 Å². The minimum atomic E-state index is -0.181. The van der Waals surface area contributed by atoms with Gasteiger partial charge >= 0.3 is 0 Å². The van der Waals surface area contributed by atoms with Gasteiger partial charge in [0.1, 0.15) is 10.7 Å². The van der Waals surface area contributed by atoms with Gasteiger partial charge in [0.15, 0.2) is 0 Å². The van der Waals surface area contributed by atoms with Gasteiger partial charge in [0.25, 0.3) is 5.91 Å². The van der Waals surface area contributed by atoms with Crippen molar-refractivity contribution in [3.8, 4) is 10.6 Å². The van der Waals surface area contributed by atoms with E-state index in [-0.39, 0.29) is 11.9 Å². The summed E-state index contributed by atoms with van der Waals surface area (Å²) in [5, 5.41) is 9.66. The number of carbonyl (C=O) groups is 1. The van der Waals surface area contributed by atoms with Crippen LogP contribution in [0.2, 0.25) is 0 Å². The van der Waals surface area contributed by atoms with Crippen LogP contribution in [0.3, 0.4) is 0 Å². The monoisotopic (exact) mass is 390 g/mol. The van der Waals surface area contributed by atoms with E-state index in [0.29, 0.717) is 5.69 Å². The molecule has 118 valence electrons. The maximum atomic E-state index is 12.4. The van der Waals surface area contributed by atoms with Crippen molar-refractivity contribution in [2.45, 2.75) is 13.0 Å². The molecule has 5 nitrogen and oxygen atoms in total. The maximum Gasteiger partial charge on any atom is 0.271 e. The second-order valence-corrected chi connectivity index (χ2v) is 6.87. The zero-order valence-corrected chi connectivity index (χ0v) is 15.1. The third kappa shape index (κ3) is 3.51. The van der Waals surface area contributed by atoms with Crippen molar-refractivity contribution >= 4 is 33.2 Å². The molecule has 7 heteroatoms. The third-order valence-corrected chi connectivity index (χ3v) is 5.02. The molecule has 0 radical (unpaired) electrons. The van der Waals surface area contributed by atoms with E-state index in [2.05, 4.69) is 31.3 Å². The lowest BCUT2D eigenvalue weighted by Crippen LogP contribution is -2.27. The molecule has 0 aliphatic carbocycles. The molecule has 23 heavy (non-hydrogen) atoms. The number of benzene rings is 1. The van der Waals surface area contributed by atoms with Crippen molar-refractivity contribution in [1.82, 2.24) is 20.1 Å². The Bertz CT molecular complexity index is 842. The molecular weight excluding hydrogens is 376 g/mol. The van der Waals surface area contributed by atoms with Gasteiger partial charge in [-0.2, -0.15) is 5.10 Å². The van der Waals surface area contributed by atoms with Crippen molar-refractivity contribution < 1.29 is 4.79 Å². The fourth-order valence-electron chi connectivity index (χ4n) is 2.22. The molecular formula is C16H15BrN4OS. The van der Waals surface area contributed by atoms with Crippen LogP contribution in [-0.4, -0.2) is 20.7 Å². The predicted octanol–water partition coefficient (Wildman–Crippen LogP) is 3.80. The summed E-state index contributed by atoms with van der Waals surface area (Å²) < 4.78 is 2.69. The van der Waals surface area contributed by atoms with Crippen LogP contribution in [0.15, 0.2) is 46.5 Å². The van der Waals surface area contributed by atoms with Gasteiger partial charge in [-0.15, -0.1) is 11.3 Å². The Hall–Kier alpha value is -1.99. The molecule has 0 saturated carbocycles. The Morgan fingerprint density at radius 1 is 1.39 bits per heavy atom. The molecule has 0 saturated heterocycles. The second kappa shape index (κ2) is 6.64. The number of nitrogens with zero attached hydrogens (tertiary/aromatic N) is 3. The van der Waals surface area contributed by atoms with Crippen molar-refractivity contribution in [3.63, 3.8) is 0 Å². The molecule has 2 heterocycles. The summed E-state index contributed by atoms with van der Waals surface area (Å²) in [7, 11) is 1.85. The van der Waals surface area contributed by atoms with E-state index in [9.17, 15) is 4.79 Å². The number of amides is 1. The molecule has 2 aromatic heterocycles. The smallest absolute Gasteiger partial charge is 0.271 e. The third-order valence-electron chi connectivity index (χ3n) is 3.41. The van der Waals surface area contributed by atoms with Crippen molar-refractivity contribution in [3.05, 3.63) is 57.8 Å². The Kier molecular flexibility index (Phi) is 4.58. The Labute approximate surface area is 146 Å². The first kappa shape index (κ1) is 15.9. The zero-order chi connectivity index (χ0) is 16.4. The fourth-order valence-corrected chi connectivity index (χ4v) is 3.62. The number of rotatable bonds is 4. The summed E-state index contributed by atoms with van der Waals surface area (Å²) in [6.45, 7) is 1.95. The topological polar surface area (TPSA) is 59.8 Å². The number of halogens is 1. The van der Waals surface area contributed by atoms with Gasteiger partial charge in [-0.05, 0) is 18.6 Å². The van der Waals surface area contributed by atoms with E-state index in [1.165, 1.54) is 11.3 Å². The molecule has 3 aromatic rings. The minimum absolute atomic E-state index is 0.110. The first-order valence-corrected chi connectivity index (χ1v) is 8.71. The maximum absolute atomic E-state index is 12.4. The molecule has 1 aromatic carbocycles. The van der Waals surface area contributed by atoms with Gasteiger partial charge in [-0.1, -0.05) is 34.1 Å². The van der Waals surface area contributed by atoms with Crippen LogP contribution in [0, 0.1) is 0 Å². The molecule has 0 aliphatic rings. The molecule has 0 bridgehead atoms. The lowest BCUT2D eigenvalue weighted by molar-refractivity contribution is 0.0935. The second-order valence-electron chi connectivity index (χ2n) is 5.16. The summed E-state index contributed by atoms with van der Waals surface area (Å²) in [5.41, 5.74) is 2.37. The molecule has 1 amide bonds. The number of thiazole rings is 1. The molecule has 1 atom stereocenters. The predicted molar refractivity (Wildman–Crippen MR) is 94.3 cm³/mol. The largest absolute Gasteiger partial charge is 0.344 e. The highest BCUT2D eigenvalue weighted by atomic mass is 79.9. The van der Waals surface area contributed by atoms with E-state index >= 15 is 0 Å². The quantitative estimate of drug-likeness (QED) is 0.736. The fraction of sp³-hybridized carbons (Fsp3) is 0.188. The van der Waals surface area contributed by atoms with Gasteiger partial charge in [0.05, 0.1) is 12.2 Å². The summed E-state index contributed by atoms with van der Waals surface area (Å²) in [4.78, 5) is 16.8. The normalized spacial score (nSPS) is 12.1. The SMILES string of the molecule is C[C@@H](NC(=O)c1csc(-c2cnn(C)c2)n1)c1ccccc1Br. The van der Waals surface area contributed by atoms with Crippen molar-refractivity contribution in [1.29, 1.82) is 0 Å². The average Bonchev–Trinajstić information content (AvgIpc) is 3.16. The Balaban J connectivity index is 1.74. The van der Waals surface area contributed by atoms with Crippen LogP contribution in [0.25, 0.3) is 10.6 Å². The number of aryl methyl sites for hydroxylation is 1. The van der Waals surface area contributed by atoms with Crippen LogP contribution >= 0.6 is 27.3 Å². The first-order chi connectivity index (χ1) is 11.0. The molecule has 0 aliphatic heterocycles. The Morgan fingerprint density at radius 3 is 2.87 bits per heavy atom. The Morgan fingerprint density at radius 2 is 2.17 bits per heavy atom. The van der Waals surface area contributed by atoms with Crippen LogP contribution in [0.5, 0.6) is 0 Å². The summed E-state index contributed by atoms with van der Waals surface area (Å²) in [5.74, 6) is -0.181. The minimum Gasteiger partial charge on any atom is -0.344 e. The molecule has 0 unspecified atom stereocenters. The summed E-state index contributed by atoms with van der Waals surface area (Å²) >= 11 is 4.94. The average molecular weight is 391 g/mol. The number of hydrogen-bond donors (Lipinski definition) is 1. The number of hydrogen-bond acceptors (Lipinski definition) is 4. The molecule has 0 fully saturated rings.